The lowest BCUT2D eigenvalue weighted by atomic mass is 10.1. The molecule has 1 aromatic heterocycles. The Kier molecular flexibility index (Phi) is 3.16. The first-order valence-electron chi connectivity index (χ1n) is 6.30. The predicted molar refractivity (Wildman–Crippen MR) is 78.7 cm³/mol. The normalized spacial score (nSPS) is 10.5. The van der Waals surface area contributed by atoms with Crippen LogP contribution in [-0.4, -0.2) is 16.1 Å². The number of hydrogen-bond acceptors (Lipinski definition) is 4. The van der Waals surface area contributed by atoms with E-state index in [9.17, 15) is 9.90 Å². The molecule has 104 valence electrons. The van der Waals surface area contributed by atoms with Crippen LogP contribution >= 0.6 is 0 Å². The third kappa shape index (κ3) is 2.49. The van der Waals surface area contributed by atoms with Gasteiger partial charge in [0.05, 0.1) is 0 Å². The Labute approximate surface area is 120 Å². The lowest BCUT2D eigenvalue weighted by Crippen LogP contribution is -1.98. The second-order valence-corrected chi connectivity index (χ2v) is 4.49. The summed E-state index contributed by atoms with van der Waals surface area (Å²) in [6.07, 6.45) is 0. The number of carbonyl (C=O) groups is 1. The van der Waals surface area contributed by atoms with Gasteiger partial charge >= 0.3 is 5.97 Å². The third-order valence-corrected chi connectivity index (χ3v) is 3.02. The number of carboxylic acids is 1. The molecule has 5 heteroatoms. The fourth-order valence-electron chi connectivity index (χ4n) is 2.00. The van der Waals surface area contributed by atoms with Gasteiger partial charge in [-0.3, -0.25) is 0 Å². The highest BCUT2D eigenvalue weighted by Gasteiger charge is 2.21. The van der Waals surface area contributed by atoms with Crippen LogP contribution in [-0.2, 0) is 0 Å². The maximum absolute atomic E-state index is 11.4. The zero-order valence-corrected chi connectivity index (χ0v) is 11.0. The van der Waals surface area contributed by atoms with Crippen molar-refractivity contribution in [2.24, 2.45) is 0 Å². The second kappa shape index (κ2) is 5.13. The molecule has 1 heterocycles. The number of nitrogens with zero attached hydrogens (tertiary/aromatic N) is 1. The SMILES string of the molecule is Nc1ccc(-c2nc(C(=O)O)c(-c3ccccc3)o2)cc1. The van der Waals surface area contributed by atoms with Crippen LogP contribution in [0.5, 0.6) is 0 Å². The van der Waals surface area contributed by atoms with E-state index in [4.69, 9.17) is 10.2 Å². The maximum Gasteiger partial charge on any atom is 0.358 e. The van der Waals surface area contributed by atoms with Crippen molar-refractivity contribution in [2.45, 2.75) is 0 Å². The van der Waals surface area contributed by atoms with E-state index < -0.39 is 5.97 Å². The van der Waals surface area contributed by atoms with E-state index in [0.29, 0.717) is 16.8 Å². The van der Waals surface area contributed by atoms with Crippen molar-refractivity contribution in [3.05, 3.63) is 60.3 Å². The van der Waals surface area contributed by atoms with Gasteiger partial charge in [0.2, 0.25) is 5.89 Å². The Balaban J connectivity index is 2.13. The van der Waals surface area contributed by atoms with Crippen molar-refractivity contribution in [1.29, 1.82) is 0 Å². The maximum atomic E-state index is 11.4. The fraction of sp³-hybridized carbons (Fsp3) is 0. The van der Waals surface area contributed by atoms with E-state index in [-0.39, 0.29) is 17.3 Å². The van der Waals surface area contributed by atoms with E-state index in [2.05, 4.69) is 4.98 Å². The Bertz CT molecular complexity index is 777. The molecule has 3 rings (SSSR count). The smallest absolute Gasteiger partial charge is 0.358 e. The van der Waals surface area contributed by atoms with Crippen molar-refractivity contribution in [1.82, 2.24) is 4.98 Å². The molecule has 0 unspecified atom stereocenters. The van der Waals surface area contributed by atoms with Gasteiger partial charge in [0.25, 0.3) is 0 Å². The monoisotopic (exact) mass is 280 g/mol. The van der Waals surface area contributed by atoms with Crippen LogP contribution in [0.4, 0.5) is 5.69 Å². The summed E-state index contributed by atoms with van der Waals surface area (Å²) in [4.78, 5) is 15.4. The number of carboxylic acid groups (broad SMARTS) is 1. The number of aromatic nitrogens is 1. The van der Waals surface area contributed by atoms with Crippen LogP contribution in [0.3, 0.4) is 0 Å². The molecule has 0 aliphatic rings. The molecule has 5 nitrogen and oxygen atoms in total. The summed E-state index contributed by atoms with van der Waals surface area (Å²) in [5.74, 6) is -0.625. The van der Waals surface area contributed by atoms with E-state index >= 15 is 0 Å². The highest BCUT2D eigenvalue weighted by atomic mass is 16.4. The van der Waals surface area contributed by atoms with Gasteiger partial charge in [0.15, 0.2) is 11.5 Å². The third-order valence-electron chi connectivity index (χ3n) is 3.02. The molecular weight excluding hydrogens is 268 g/mol. The lowest BCUT2D eigenvalue weighted by Gasteiger charge is -1.97. The summed E-state index contributed by atoms with van der Waals surface area (Å²) < 4.78 is 5.66. The molecule has 3 N–H and O–H groups in total. The van der Waals surface area contributed by atoms with Crippen molar-refractivity contribution in [2.75, 3.05) is 5.73 Å². The van der Waals surface area contributed by atoms with Gasteiger partial charge in [-0.05, 0) is 24.3 Å². The second-order valence-electron chi connectivity index (χ2n) is 4.49. The largest absolute Gasteiger partial charge is 0.476 e. The molecule has 0 atom stereocenters. The molecule has 0 spiro atoms. The Morgan fingerprint density at radius 1 is 1.00 bits per heavy atom. The van der Waals surface area contributed by atoms with Crippen LogP contribution in [0, 0.1) is 0 Å². The number of aromatic carboxylic acids is 1. The van der Waals surface area contributed by atoms with Crippen molar-refractivity contribution >= 4 is 11.7 Å². The Morgan fingerprint density at radius 2 is 1.67 bits per heavy atom. The lowest BCUT2D eigenvalue weighted by molar-refractivity contribution is 0.0691. The molecule has 0 aliphatic heterocycles. The number of nitrogens with two attached hydrogens (primary N) is 1. The van der Waals surface area contributed by atoms with E-state index in [1.807, 2.05) is 18.2 Å². The number of nitrogen functional groups attached to an aromatic ring is 1. The number of rotatable bonds is 3. The van der Waals surface area contributed by atoms with E-state index in [0.717, 1.165) is 0 Å². The minimum Gasteiger partial charge on any atom is -0.476 e. The average Bonchev–Trinajstić information content (AvgIpc) is 2.94. The summed E-state index contributed by atoms with van der Waals surface area (Å²) >= 11 is 0. The molecule has 2 aromatic carbocycles. The Hall–Kier alpha value is -3.08. The standard InChI is InChI=1S/C16H12N2O3/c17-12-8-6-11(7-9-12)15-18-13(16(19)20)14(21-15)10-4-2-1-3-5-10/h1-9H,17H2,(H,19,20). The van der Waals surface area contributed by atoms with Gasteiger partial charge in [-0.15, -0.1) is 0 Å². The number of benzene rings is 2. The minimum atomic E-state index is -1.13. The Morgan fingerprint density at radius 3 is 2.29 bits per heavy atom. The quantitative estimate of drug-likeness (QED) is 0.718. The highest BCUT2D eigenvalue weighted by Crippen LogP contribution is 2.30. The molecule has 0 saturated heterocycles. The molecule has 0 aliphatic carbocycles. The summed E-state index contributed by atoms with van der Waals surface area (Å²) in [7, 11) is 0. The van der Waals surface area contributed by atoms with Gasteiger partial charge in [-0.2, -0.15) is 0 Å². The topological polar surface area (TPSA) is 89.3 Å². The minimum absolute atomic E-state index is 0.104. The van der Waals surface area contributed by atoms with Crippen molar-refractivity contribution in [3.8, 4) is 22.8 Å². The molecule has 0 saturated carbocycles. The van der Waals surface area contributed by atoms with Gasteiger partial charge in [0, 0.05) is 16.8 Å². The van der Waals surface area contributed by atoms with Crippen LogP contribution < -0.4 is 5.73 Å². The molecular formula is C16H12N2O3. The summed E-state index contributed by atoms with van der Waals surface area (Å²) in [5.41, 5.74) is 7.49. The number of oxazole rings is 1. The molecule has 0 bridgehead atoms. The average molecular weight is 280 g/mol. The first kappa shape index (κ1) is 12.9. The van der Waals surface area contributed by atoms with Crippen molar-refractivity contribution < 1.29 is 14.3 Å². The summed E-state index contributed by atoms with van der Waals surface area (Å²) in [6.45, 7) is 0. The molecule has 0 fully saturated rings. The van der Waals surface area contributed by atoms with Crippen LogP contribution in [0.2, 0.25) is 0 Å². The molecule has 0 amide bonds. The van der Waals surface area contributed by atoms with Gasteiger partial charge in [0.1, 0.15) is 0 Å². The first-order chi connectivity index (χ1) is 10.1. The summed E-state index contributed by atoms with van der Waals surface area (Å²) in [6, 6.07) is 15.9. The van der Waals surface area contributed by atoms with Gasteiger partial charge in [-0.1, -0.05) is 30.3 Å². The van der Waals surface area contributed by atoms with Crippen LogP contribution in [0.15, 0.2) is 59.0 Å². The number of anilines is 1. The molecule has 0 radical (unpaired) electrons. The zero-order valence-electron chi connectivity index (χ0n) is 11.0. The van der Waals surface area contributed by atoms with E-state index in [1.165, 1.54) is 0 Å². The number of hydrogen-bond donors (Lipinski definition) is 2. The first-order valence-corrected chi connectivity index (χ1v) is 6.30. The van der Waals surface area contributed by atoms with Crippen LogP contribution in [0.25, 0.3) is 22.8 Å². The fourth-order valence-corrected chi connectivity index (χ4v) is 2.00. The van der Waals surface area contributed by atoms with E-state index in [1.54, 1.807) is 36.4 Å². The van der Waals surface area contributed by atoms with Crippen LogP contribution in [0.1, 0.15) is 10.5 Å². The van der Waals surface area contributed by atoms with Gasteiger partial charge in [-0.25, -0.2) is 9.78 Å². The summed E-state index contributed by atoms with van der Waals surface area (Å²) in [5, 5.41) is 9.29. The highest BCUT2D eigenvalue weighted by molar-refractivity contribution is 5.93. The molecule has 21 heavy (non-hydrogen) atoms. The zero-order chi connectivity index (χ0) is 14.8. The van der Waals surface area contributed by atoms with Gasteiger partial charge < -0.3 is 15.3 Å². The van der Waals surface area contributed by atoms with Crippen molar-refractivity contribution in [3.63, 3.8) is 0 Å². The predicted octanol–water partition coefficient (Wildman–Crippen LogP) is 3.29. The molecule has 3 aromatic rings.